The minimum atomic E-state index is 0.763. The molecule has 0 aromatic heterocycles. The summed E-state index contributed by atoms with van der Waals surface area (Å²) in [6, 6.07) is 0.763. The molecule has 0 bridgehead atoms. The van der Waals surface area contributed by atoms with Crippen molar-refractivity contribution in [3.05, 3.63) is 0 Å². The van der Waals surface area contributed by atoms with Gasteiger partial charge in [0.2, 0.25) is 0 Å². The lowest BCUT2D eigenvalue weighted by Gasteiger charge is -2.35. The molecule has 82 valence electrons. The first kappa shape index (κ1) is 10.4. The Morgan fingerprint density at radius 2 is 2.00 bits per heavy atom. The van der Waals surface area contributed by atoms with Crippen LogP contribution in [0.4, 0.5) is 0 Å². The van der Waals surface area contributed by atoms with E-state index in [0.29, 0.717) is 0 Å². The molecule has 1 saturated carbocycles. The summed E-state index contributed by atoms with van der Waals surface area (Å²) in [6.45, 7) is 6.15. The molecule has 0 radical (unpaired) electrons. The molecule has 2 aliphatic rings. The van der Waals surface area contributed by atoms with E-state index < -0.39 is 0 Å². The summed E-state index contributed by atoms with van der Waals surface area (Å²) in [7, 11) is 2.26. The molecule has 1 aliphatic heterocycles. The predicted molar refractivity (Wildman–Crippen MR) is 60.4 cm³/mol. The molecule has 0 aromatic carbocycles. The highest BCUT2D eigenvalue weighted by Crippen LogP contribution is 2.28. The summed E-state index contributed by atoms with van der Waals surface area (Å²) in [5, 5.41) is 3.74. The van der Waals surface area contributed by atoms with Crippen molar-refractivity contribution in [2.45, 2.75) is 38.6 Å². The van der Waals surface area contributed by atoms with E-state index in [-0.39, 0.29) is 0 Å². The largest absolute Gasteiger partial charge is 0.312 e. The van der Waals surface area contributed by atoms with Gasteiger partial charge in [0.05, 0.1) is 0 Å². The zero-order chi connectivity index (χ0) is 9.97. The van der Waals surface area contributed by atoms with E-state index in [0.717, 1.165) is 17.9 Å². The number of nitrogens with one attached hydrogen (secondary N) is 1. The third kappa shape index (κ3) is 2.96. The van der Waals surface area contributed by atoms with Crippen LogP contribution < -0.4 is 5.32 Å². The van der Waals surface area contributed by atoms with Gasteiger partial charge < -0.3 is 10.2 Å². The van der Waals surface area contributed by atoms with Gasteiger partial charge in [0.1, 0.15) is 0 Å². The first-order valence-electron chi connectivity index (χ1n) is 6.19. The maximum absolute atomic E-state index is 3.74. The van der Waals surface area contributed by atoms with Crippen LogP contribution in [0, 0.1) is 11.8 Å². The number of rotatable bonds is 4. The molecule has 0 amide bonds. The van der Waals surface area contributed by atoms with Gasteiger partial charge in [-0.05, 0) is 44.7 Å². The summed E-state index contributed by atoms with van der Waals surface area (Å²) in [4.78, 5) is 2.49. The van der Waals surface area contributed by atoms with Crippen molar-refractivity contribution in [3.8, 4) is 0 Å². The topological polar surface area (TPSA) is 15.3 Å². The van der Waals surface area contributed by atoms with Gasteiger partial charge in [-0.1, -0.05) is 13.3 Å². The lowest BCUT2D eigenvalue weighted by Crippen LogP contribution is -2.48. The van der Waals surface area contributed by atoms with Gasteiger partial charge in [0, 0.05) is 19.1 Å². The Bertz CT molecular complexity index is 177. The minimum absolute atomic E-state index is 0.763. The zero-order valence-corrected chi connectivity index (χ0v) is 9.63. The summed E-state index contributed by atoms with van der Waals surface area (Å²) < 4.78 is 0. The highest BCUT2D eigenvalue weighted by atomic mass is 15.1. The van der Waals surface area contributed by atoms with Crippen LogP contribution >= 0.6 is 0 Å². The minimum Gasteiger partial charge on any atom is -0.312 e. The maximum Gasteiger partial charge on any atom is 0.0198 e. The van der Waals surface area contributed by atoms with Crippen molar-refractivity contribution in [1.82, 2.24) is 10.2 Å². The van der Waals surface area contributed by atoms with Crippen LogP contribution in [0.2, 0.25) is 0 Å². The van der Waals surface area contributed by atoms with Crippen molar-refractivity contribution in [2.24, 2.45) is 11.8 Å². The average molecular weight is 196 g/mol. The zero-order valence-electron chi connectivity index (χ0n) is 9.63. The van der Waals surface area contributed by atoms with Crippen LogP contribution in [0.3, 0.4) is 0 Å². The standard InChI is InChI=1S/C12H24N2/c1-3-10-6-12(9-14(2)8-10)13-7-11-4-5-11/h10-13H,3-9H2,1-2H3. The van der Waals surface area contributed by atoms with Crippen LogP contribution in [0.5, 0.6) is 0 Å². The molecular formula is C12H24N2. The Morgan fingerprint density at radius 1 is 1.21 bits per heavy atom. The highest BCUT2D eigenvalue weighted by Gasteiger charge is 2.26. The van der Waals surface area contributed by atoms with Gasteiger partial charge >= 0.3 is 0 Å². The van der Waals surface area contributed by atoms with Gasteiger partial charge in [-0.2, -0.15) is 0 Å². The van der Waals surface area contributed by atoms with E-state index in [1.165, 1.54) is 45.3 Å². The summed E-state index contributed by atoms with van der Waals surface area (Å²) in [6.07, 6.45) is 5.67. The molecule has 2 atom stereocenters. The number of piperidine rings is 1. The summed E-state index contributed by atoms with van der Waals surface area (Å²) in [5.41, 5.74) is 0. The van der Waals surface area contributed by atoms with Gasteiger partial charge in [-0.3, -0.25) is 0 Å². The van der Waals surface area contributed by atoms with Crippen molar-refractivity contribution in [2.75, 3.05) is 26.7 Å². The van der Waals surface area contributed by atoms with E-state index in [1.807, 2.05) is 0 Å². The van der Waals surface area contributed by atoms with Gasteiger partial charge in [-0.25, -0.2) is 0 Å². The van der Waals surface area contributed by atoms with Gasteiger partial charge in [0.25, 0.3) is 0 Å². The van der Waals surface area contributed by atoms with Gasteiger partial charge in [0.15, 0.2) is 0 Å². The Hall–Kier alpha value is -0.0800. The molecule has 2 unspecified atom stereocenters. The van der Waals surface area contributed by atoms with Crippen LogP contribution in [0.1, 0.15) is 32.6 Å². The summed E-state index contributed by atoms with van der Waals surface area (Å²) in [5.74, 6) is 1.94. The first-order valence-corrected chi connectivity index (χ1v) is 6.19. The quantitative estimate of drug-likeness (QED) is 0.736. The average Bonchev–Trinajstić information content (AvgIpc) is 2.97. The predicted octanol–water partition coefficient (Wildman–Crippen LogP) is 1.72. The molecule has 2 fully saturated rings. The van der Waals surface area contributed by atoms with Crippen LogP contribution in [0.15, 0.2) is 0 Å². The van der Waals surface area contributed by atoms with Crippen LogP contribution in [0.25, 0.3) is 0 Å². The van der Waals surface area contributed by atoms with E-state index in [1.54, 1.807) is 0 Å². The Morgan fingerprint density at radius 3 is 2.64 bits per heavy atom. The molecular weight excluding hydrogens is 172 g/mol. The van der Waals surface area contributed by atoms with E-state index in [2.05, 4.69) is 24.2 Å². The van der Waals surface area contributed by atoms with Crippen molar-refractivity contribution in [1.29, 1.82) is 0 Å². The monoisotopic (exact) mass is 196 g/mol. The third-order valence-electron chi connectivity index (χ3n) is 3.69. The SMILES string of the molecule is CCC1CC(NCC2CC2)CN(C)C1. The highest BCUT2D eigenvalue weighted by molar-refractivity contribution is 4.84. The second-order valence-electron chi connectivity index (χ2n) is 5.28. The molecule has 1 heterocycles. The fourth-order valence-corrected chi connectivity index (χ4v) is 2.54. The Labute approximate surface area is 88.1 Å². The molecule has 1 aliphatic carbocycles. The molecule has 0 spiro atoms. The number of likely N-dealkylation sites (N-methyl/N-ethyl adjacent to an activating group) is 1. The lowest BCUT2D eigenvalue weighted by molar-refractivity contribution is 0.165. The van der Waals surface area contributed by atoms with E-state index in [4.69, 9.17) is 0 Å². The van der Waals surface area contributed by atoms with Crippen LogP contribution in [-0.4, -0.2) is 37.6 Å². The number of nitrogens with zero attached hydrogens (tertiary/aromatic N) is 1. The van der Waals surface area contributed by atoms with Crippen LogP contribution in [-0.2, 0) is 0 Å². The Kier molecular flexibility index (Phi) is 3.45. The normalized spacial score (nSPS) is 34.7. The fourth-order valence-electron chi connectivity index (χ4n) is 2.54. The smallest absolute Gasteiger partial charge is 0.0198 e. The molecule has 2 heteroatoms. The van der Waals surface area contributed by atoms with Gasteiger partial charge in [-0.15, -0.1) is 0 Å². The number of hydrogen-bond acceptors (Lipinski definition) is 2. The molecule has 0 aromatic rings. The second-order valence-corrected chi connectivity index (χ2v) is 5.28. The van der Waals surface area contributed by atoms with E-state index >= 15 is 0 Å². The molecule has 1 N–H and O–H groups in total. The first-order chi connectivity index (χ1) is 6.78. The fraction of sp³-hybridized carbons (Fsp3) is 1.00. The van der Waals surface area contributed by atoms with Crippen molar-refractivity contribution < 1.29 is 0 Å². The lowest BCUT2D eigenvalue weighted by atomic mass is 9.92. The third-order valence-corrected chi connectivity index (χ3v) is 3.69. The second kappa shape index (κ2) is 4.63. The molecule has 2 rings (SSSR count). The number of hydrogen-bond donors (Lipinski definition) is 1. The van der Waals surface area contributed by atoms with E-state index in [9.17, 15) is 0 Å². The summed E-state index contributed by atoms with van der Waals surface area (Å²) >= 11 is 0. The van der Waals surface area contributed by atoms with Crippen molar-refractivity contribution in [3.63, 3.8) is 0 Å². The van der Waals surface area contributed by atoms with Crippen molar-refractivity contribution >= 4 is 0 Å². The molecule has 14 heavy (non-hydrogen) atoms. The maximum atomic E-state index is 3.74. The molecule has 1 saturated heterocycles. The molecule has 2 nitrogen and oxygen atoms in total. The Balaban J connectivity index is 1.72. The number of likely N-dealkylation sites (tertiary alicyclic amines) is 1.